The molecule has 2 amide bonds. The van der Waals surface area contributed by atoms with Crippen molar-refractivity contribution in [2.24, 2.45) is 5.10 Å². The average Bonchev–Trinajstić information content (AvgIpc) is 3.35. The summed E-state index contributed by atoms with van der Waals surface area (Å²) in [5, 5.41) is 7.23. The third kappa shape index (κ3) is 5.79. The van der Waals surface area contributed by atoms with Crippen molar-refractivity contribution in [2.75, 3.05) is 25.6 Å². The summed E-state index contributed by atoms with van der Waals surface area (Å²) < 4.78 is 16.3. The van der Waals surface area contributed by atoms with Gasteiger partial charge in [0.15, 0.2) is 11.5 Å². The van der Waals surface area contributed by atoms with Gasteiger partial charge >= 0.3 is 12.0 Å². The van der Waals surface area contributed by atoms with Crippen LogP contribution in [0.3, 0.4) is 0 Å². The minimum Gasteiger partial charge on any atom is -0.493 e. The van der Waals surface area contributed by atoms with Crippen LogP contribution in [-0.4, -0.2) is 38.5 Å². The summed E-state index contributed by atoms with van der Waals surface area (Å²) in [4.78, 5) is 25.9. The van der Waals surface area contributed by atoms with Crippen LogP contribution >= 0.6 is 11.3 Å². The third-order valence-corrected chi connectivity index (χ3v) is 6.16. The molecule has 2 aromatic rings. The van der Waals surface area contributed by atoms with Crippen LogP contribution in [0.1, 0.15) is 59.5 Å². The van der Waals surface area contributed by atoms with E-state index in [1.165, 1.54) is 17.6 Å². The van der Waals surface area contributed by atoms with Gasteiger partial charge in [-0.15, -0.1) is 11.3 Å². The molecule has 1 aromatic heterocycles. The molecule has 0 saturated heterocycles. The standard InChI is InChI=1S/C23H29N3O5S/c1-4-6-12-31-17-11-10-15(13-18(17)29-3)14-24-26-23(28)25-21-20(22(27)30-5-2)16-8-7-9-19(16)32-21/h10-11,13-14H,4-9,12H2,1-3H3,(H2,25,26,28). The summed E-state index contributed by atoms with van der Waals surface area (Å²) in [5.74, 6) is 0.863. The van der Waals surface area contributed by atoms with Crippen molar-refractivity contribution in [1.29, 1.82) is 0 Å². The number of amides is 2. The number of carbonyl (C=O) groups is 2. The number of methoxy groups -OCH3 is 1. The lowest BCUT2D eigenvalue weighted by atomic mass is 10.1. The summed E-state index contributed by atoms with van der Waals surface area (Å²) >= 11 is 1.42. The molecule has 0 spiro atoms. The number of rotatable bonds is 10. The van der Waals surface area contributed by atoms with Gasteiger partial charge in [-0.2, -0.15) is 5.10 Å². The molecule has 0 atom stereocenters. The molecule has 8 nitrogen and oxygen atoms in total. The molecule has 9 heteroatoms. The first-order valence-corrected chi connectivity index (χ1v) is 11.6. The maximum atomic E-state index is 12.4. The number of urea groups is 1. The smallest absolute Gasteiger partial charge is 0.341 e. The van der Waals surface area contributed by atoms with Gasteiger partial charge in [0, 0.05) is 4.88 Å². The van der Waals surface area contributed by atoms with E-state index in [9.17, 15) is 9.59 Å². The number of hydrazone groups is 1. The van der Waals surface area contributed by atoms with Gasteiger partial charge in [0.2, 0.25) is 0 Å². The Balaban J connectivity index is 1.62. The van der Waals surface area contributed by atoms with Gasteiger partial charge in [-0.1, -0.05) is 13.3 Å². The number of unbranched alkanes of at least 4 members (excludes halogenated alkanes) is 1. The van der Waals surface area contributed by atoms with E-state index in [0.29, 0.717) is 28.7 Å². The fraction of sp³-hybridized carbons (Fsp3) is 0.435. The van der Waals surface area contributed by atoms with E-state index in [1.807, 2.05) is 12.1 Å². The van der Waals surface area contributed by atoms with Crippen molar-refractivity contribution in [3.8, 4) is 11.5 Å². The molecule has 0 radical (unpaired) electrons. The van der Waals surface area contributed by atoms with Crippen LogP contribution < -0.4 is 20.2 Å². The van der Waals surface area contributed by atoms with Gasteiger partial charge < -0.3 is 14.2 Å². The first kappa shape index (κ1) is 23.6. The SMILES string of the molecule is CCCCOc1ccc(C=NNC(=O)Nc2sc3c(c2C(=O)OCC)CCC3)cc1OC. The molecule has 172 valence electrons. The molecule has 0 saturated carbocycles. The van der Waals surface area contributed by atoms with Crippen LogP contribution in [-0.2, 0) is 17.6 Å². The van der Waals surface area contributed by atoms with Gasteiger partial charge in [-0.3, -0.25) is 5.32 Å². The van der Waals surface area contributed by atoms with Crippen molar-refractivity contribution in [3.63, 3.8) is 0 Å². The first-order chi connectivity index (χ1) is 15.6. The number of esters is 1. The van der Waals surface area contributed by atoms with Crippen LogP contribution in [0, 0.1) is 0 Å². The topological polar surface area (TPSA) is 98.2 Å². The zero-order valence-corrected chi connectivity index (χ0v) is 19.5. The Morgan fingerprint density at radius 1 is 1.22 bits per heavy atom. The summed E-state index contributed by atoms with van der Waals surface area (Å²) in [6.07, 6.45) is 6.27. The number of fused-ring (bicyclic) bond motifs is 1. The molecule has 1 aliphatic carbocycles. The van der Waals surface area contributed by atoms with Gasteiger partial charge in [0.25, 0.3) is 0 Å². The number of nitrogens with one attached hydrogen (secondary N) is 2. The minimum absolute atomic E-state index is 0.283. The van der Waals surface area contributed by atoms with E-state index in [2.05, 4.69) is 22.8 Å². The van der Waals surface area contributed by atoms with E-state index < -0.39 is 12.0 Å². The number of benzene rings is 1. The lowest BCUT2D eigenvalue weighted by Gasteiger charge is -2.10. The molecular weight excluding hydrogens is 430 g/mol. The zero-order chi connectivity index (χ0) is 22.9. The molecular formula is C23H29N3O5S. The van der Waals surface area contributed by atoms with Crippen LogP contribution in [0.15, 0.2) is 23.3 Å². The molecule has 32 heavy (non-hydrogen) atoms. The predicted octanol–water partition coefficient (Wildman–Crippen LogP) is 4.76. The number of hydrogen-bond acceptors (Lipinski definition) is 7. The largest absolute Gasteiger partial charge is 0.493 e. The lowest BCUT2D eigenvalue weighted by Crippen LogP contribution is -2.25. The molecule has 0 unspecified atom stereocenters. The van der Waals surface area contributed by atoms with Gasteiger partial charge in [0.1, 0.15) is 5.00 Å². The quantitative estimate of drug-likeness (QED) is 0.231. The van der Waals surface area contributed by atoms with Crippen LogP contribution in [0.5, 0.6) is 11.5 Å². The number of aryl methyl sites for hydroxylation is 1. The molecule has 0 fully saturated rings. The monoisotopic (exact) mass is 459 g/mol. The number of nitrogens with zero attached hydrogens (tertiary/aromatic N) is 1. The Hall–Kier alpha value is -3.07. The number of thiophene rings is 1. The second-order valence-corrected chi connectivity index (χ2v) is 8.32. The van der Waals surface area contributed by atoms with Crippen molar-refractivity contribution < 1.29 is 23.8 Å². The third-order valence-electron chi connectivity index (χ3n) is 4.95. The van der Waals surface area contributed by atoms with E-state index in [0.717, 1.165) is 48.1 Å². The van der Waals surface area contributed by atoms with E-state index in [4.69, 9.17) is 14.2 Å². The van der Waals surface area contributed by atoms with Gasteiger partial charge in [-0.05, 0) is 61.9 Å². The van der Waals surface area contributed by atoms with Crippen LogP contribution in [0.25, 0.3) is 0 Å². The van der Waals surface area contributed by atoms with E-state index in [1.54, 1.807) is 20.1 Å². The molecule has 3 rings (SSSR count). The van der Waals surface area contributed by atoms with Crippen molar-refractivity contribution in [2.45, 2.75) is 46.0 Å². The molecule has 2 N–H and O–H groups in total. The van der Waals surface area contributed by atoms with Gasteiger partial charge in [-0.25, -0.2) is 15.0 Å². The fourth-order valence-electron chi connectivity index (χ4n) is 3.42. The van der Waals surface area contributed by atoms with Crippen molar-refractivity contribution in [3.05, 3.63) is 39.8 Å². The predicted molar refractivity (Wildman–Crippen MR) is 125 cm³/mol. The zero-order valence-electron chi connectivity index (χ0n) is 18.7. The van der Waals surface area contributed by atoms with Crippen molar-refractivity contribution in [1.82, 2.24) is 5.43 Å². The average molecular weight is 460 g/mol. The Kier molecular flexibility index (Phi) is 8.49. The Morgan fingerprint density at radius 2 is 2.06 bits per heavy atom. The van der Waals surface area contributed by atoms with E-state index in [-0.39, 0.29) is 6.61 Å². The van der Waals surface area contributed by atoms with E-state index >= 15 is 0 Å². The molecule has 1 aromatic carbocycles. The molecule has 1 heterocycles. The highest BCUT2D eigenvalue weighted by atomic mass is 32.1. The molecule has 0 aliphatic heterocycles. The summed E-state index contributed by atoms with van der Waals surface area (Å²) in [5.41, 5.74) is 4.63. The second-order valence-electron chi connectivity index (χ2n) is 7.22. The maximum absolute atomic E-state index is 12.4. The van der Waals surface area contributed by atoms with Gasteiger partial charge in [0.05, 0.1) is 32.1 Å². The second kappa shape index (κ2) is 11.5. The maximum Gasteiger partial charge on any atom is 0.341 e. The Labute approximate surface area is 191 Å². The number of carbonyl (C=O) groups excluding carboxylic acids is 2. The Bertz CT molecular complexity index is 986. The fourth-order valence-corrected chi connectivity index (χ4v) is 4.69. The number of anilines is 1. The highest BCUT2D eigenvalue weighted by molar-refractivity contribution is 7.17. The highest BCUT2D eigenvalue weighted by Gasteiger charge is 2.28. The summed E-state index contributed by atoms with van der Waals surface area (Å²) in [7, 11) is 1.58. The van der Waals surface area contributed by atoms with Crippen LogP contribution in [0.2, 0.25) is 0 Å². The molecule has 0 bridgehead atoms. The van der Waals surface area contributed by atoms with Crippen LogP contribution in [0.4, 0.5) is 9.80 Å². The number of ether oxygens (including phenoxy) is 3. The minimum atomic E-state index is -0.529. The number of hydrogen-bond donors (Lipinski definition) is 2. The summed E-state index contributed by atoms with van der Waals surface area (Å²) in [6.45, 7) is 4.78. The lowest BCUT2D eigenvalue weighted by molar-refractivity contribution is 0.0527. The Morgan fingerprint density at radius 3 is 2.81 bits per heavy atom. The molecule has 1 aliphatic rings. The summed E-state index contributed by atoms with van der Waals surface area (Å²) in [6, 6.07) is 4.90. The van der Waals surface area contributed by atoms with Crippen molar-refractivity contribution >= 4 is 34.6 Å². The highest BCUT2D eigenvalue weighted by Crippen LogP contribution is 2.39. The first-order valence-electron chi connectivity index (χ1n) is 10.8. The normalized spacial score (nSPS) is 12.5.